The van der Waals surface area contributed by atoms with Crippen molar-refractivity contribution in [3.8, 4) is 0 Å². The Morgan fingerprint density at radius 3 is 1.30 bits per heavy atom. The van der Waals surface area contributed by atoms with Crippen LogP contribution in [-0.2, 0) is 4.79 Å². The van der Waals surface area contributed by atoms with Crippen LogP contribution in [0.15, 0.2) is 24.3 Å². The van der Waals surface area contributed by atoms with Crippen molar-refractivity contribution in [2.45, 2.75) is 231 Å². The minimum absolute atomic E-state index is 0.373. The van der Waals surface area contributed by atoms with Crippen molar-refractivity contribution >= 4 is 5.91 Å². The number of aliphatic hydroxyl groups is 3. The van der Waals surface area contributed by atoms with Gasteiger partial charge in [0.2, 0.25) is 5.91 Å². The summed E-state index contributed by atoms with van der Waals surface area (Å²) in [6.45, 7) is 4.16. The molecule has 0 aliphatic rings. The lowest BCUT2D eigenvalue weighted by Crippen LogP contribution is -2.48. The maximum absolute atomic E-state index is 12.4. The van der Waals surface area contributed by atoms with E-state index in [4.69, 9.17) is 0 Å². The summed E-state index contributed by atoms with van der Waals surface area (Å²) in [6.07, 6.45) is 44.9. The van der Waals surface area contributed by atoms with E-state index in [2.05, 4.69) is 31.3 Å². The van der Waals surface area contributed by atoms with Gasteiger partial charge in [0.25, 0.3) is 0 Å². The monoisotopic (exact) mass is 664 g/mol. The molecule has 0 radical (unpaired) electrons. The van der Waals surface area contributed by atoms with Crippen LogP contribution in [0.1, 0.15) is 213 Å². The molecule has 5 nitrogen and oxygen atoms in total. The van der Waals surface area contributed by atoms with E-state index in [9.17, 15) is 20.1 Å². The standard InChI is InChI=1S/C42H81NO4/c1-3-5-7-9-11-13-15-17-18-19-20-21-22-23-25-27-29-31-33-35-37-41(46)42(47)43-39(38-44)40(45)36-34-32-30-28-26-24-16-14-12-10-8-6-4-2/h26,28,34,36,39-41,44-46H,3-25,27,29-33,35,37-38H2,1-2H3,(H,43,47)/b28-26-,36-34+/t39-,40+,41+/m0/s1. The SMILES string of the molecule is CCCCCCCCC/C=C\CC/C=C/[C@@H](O)[C@H](CO)NC(=O)[C@H](O)CCCCCCCCCCCCCCCCCCCCCC. The maximum atomic E-state index is 12.4. The third-order valence-electron chi connectivity index (χ3n) is 9.54. The number of unbranched alkanes of at least 4 members (excludes halogenated alkanes) is 27. The van der Waals surface area contributed by atoms with Crippen molar-refractivity contribution in [2.75, 3.05) is 6.61 Å². The van der Waals surface area contributed by atoms with Gasteiger partial charge < -0.3 is 20.6 Å². The predicted molar refractivity (Wildman–Crippen MR) is 204 cm³/mol. The average Bonchev–Trinajstić information content (AvgIpc) is 3.07. The Hall–Kier alpha value is -1.17. The molecular formula is C42H81NO4. The first-order chi connectivity index (χ1) is 23.1. The van der Waals surface area contributed by atoms with Crippen molar-refractivity contribution in [1.82, 2.24) is 5.32 Å². The highest BCUT2D eigenvalue weighted by molar-refractivity contribution is 5.80. The van der Waals surface area contributed by atoms with Crippen molar-refractivity contribution in [3.05, 3.63) is 24.3 Å². The molecule has 3 atom stereocenters. The zero-order chi connectivity index (χ0) is 34.5. The quantitative estimate of drug-likeness (QED) is 0.0393. The lowest BCUT2D eigenvalue weighted by atomic mass is 10.0. The Balaban J connectivity index is 3.68. The highest BCUT2D eigenvalue weighted by atomic mass is 16.3. The number of carbonyl (C=O) groups excluding carboxylic acids is 1. The smallest absolute Gasteiger partial charge is 0.249 e. The second-order valence-electron chi connectivity index (χ2n) is 14.2. The Kier molecular flexibility index (Phi) is 36.7. The van der Waals surface area contributed by atoms with E-state index < -0.39 is 24.2 Å². The molecule has 0 heterocycles. The van der Waals surface area contributed by atoms with Gasteiger partial charge in [-0.25, -0.2) is 0 Å². The summed E-state index contributed by atoms with van der Waals surface area (Å²) < 4.78 is 0. The van der Waals surface area contributed by atoms with Gasteiger partial charge in [0.1, 0.15) is 6.10 Å². The molecular weight excluding hydrogens is 582 g/mol. The molecule has 0 aromatic carbocycles. The maximum Gasteiger partial charge on any atom is 0.249 e. The summed E-state index contributed by atoms with van der Waals surface area (Å²) in [4.78, 5) is 12.4. The number of aliphatic hydroxyl groups excluding tert-OH is 3. The molecule has 0 fully saturated rings. The van der Waals surface area contributed by atoms with E-state index in [1.807, 2.05) is 6.08 Å². The van der Waals surface area contributed by atoms with Crippen molar-refractivity contribution < 1.29 is 20.1 Å². The predicted octanol–water partition coefficient (Wildman–Crippen LogP) is 11.4. The van der Waals surface area contributed by atoms with Gasteiger partial charge in [0.15, 0.2) is 0 Å². The largest absolute Gasteiger partial charge is 0.394 e. The van der Waals surface area contributed by atoms with Crippen LogP contribution < -0.4 is 5.32 Å². The number of carbonyl (C=O) groups is 1. The Morgan fingerprint density at radius 2 is 0.872 bits per heavy atom. The van der Waals surface area contributed by atoms with Crippen LogP contribution >= 0.6 is 0 Å². The molecule has 4 N–H and O–H groups in total. The number of rotatable bonds is 37. The second kappa shape index (κ2) is 37.6. The van der Waals surface area contributed by atoms with E-state index in [0.29, 0.717) is 6.42 Å². The summed E-state index contributed by atoms with van der Waals surface area (Å²) in [6, 6.07) is -0.809. The summed E-state index contributed by atoms with van der Waals surface area (Å²) in [5, 5.41) is 33.0. The van der Waals surface area contributed by atoms with E-state index in [1.54, 1.807) is 6.08 Å². The zero-order valence-corrected chi connectivity index (χ0v) is 31.4. The molecule has 1 amide bonds. The van der Waals surface area contributed by atoms with Gasteiger partial charge in [-0.05, 0) is 32.1 Å². The fourth-order valence-electron chi connectivity index (χ4n) is 6.26. The van der Waals surface area contributed by atoms with E-state index >= 15 is 0 Å². The van der Waals surface area contributed by atoms with Crippen LogP contribution in [0.4, 0.5) is 0 Å². The van der Waals surface area contributed by atoms with Gasteiger partial charge in [0.05, 0.1) is 18.8 Å². The Labute approximate surface area is 292 Å². The van der Waals surface area contributed by atoms with Gasteiger partial charge in [-0.3, -0.25) is 4.79 Å². The molecule has 0 saturated heterocycles. The minimum Gasteiger partial charge on any atom is -0.394 e. The molecule has 0 aliphatic heterocycles. The van der Waals surface area contributed by atoms with Crippen LogP contribution in [0.2, 0.25) is 0 Å². The summed E-state index contributed by atoms with van der Waals surface area (Å²) in [5.74, 6) is -0.511. The topological polar surface area (TPSA) is 89.8 Å². The molecule has 5 heteroatoms. The molecule has 0 bridgehead atoms. The number of amides is 1. The highest BCUT2D eigenvalue weighted by Gasteiger charge is 2.22. The third kappa shape index (κ3) is 33.1. The van der Waals surface area contributed by atoms with E-state index in [-0.39, 0.29) is 6.61 Å². The highest BCUT2D eigenvalue weighted by Crippen LogP contribution is 2.16. The van der Waals surface area contributed by atoms with Gasteiger partial charge in [0, 0.05) is 0 Å². The van der Waals surface area contributed by atoms with Crippen LogP contribution in [0.3, 0.4) is 0 Å². The molecule has 0 spiro atoms. The normalized spacial score (nSPS) is 13.9. The summed E-state index contributed by atoms with van der Waals surface area (Å²) >= 11 is 0. The first kappa shape index (κ1) is 45.8. The first-order valence-electron chi connectivity index (χ1n) is 20.7. The minimum atomic E-state index is -1.10. The van der Waals surface area contributed by atoms with Crippen LogP contribution in [-0.4, -0.2) is 46.1 Å². The zero-order valence-electron chi connectivity index (χ0n) is 31.4. The molecule has 47 heavy (non-hydrogen) atoms. The fourth-order valence-corrected chi connectivity index (χ4v) is 6.26. The number of allylic oxidation sites excluding steroid dienone is 3. The Morgan fingerprint density at radius 1 is 0.511 bits per heavy atom. The van der Waals surface area contributed by atoms with E-state index in [0.717, 1.165) is 38.5 Å². The number of nitrogens with one attached hydrogen (secondary N) is 1. The molecule has 0 rings (SSSR count). The van der Waals surface area contributed by atoms with Crippen LogP contribution in [0.5, 0.6) is 0 Å². The lowest BCUT2D eigenvalue weighted by Gasteiger charge is -2.21. The molecule has 0 aromatic heterocycles. The number of hydrogen-bond acceptors (Lipinski definition) is 4. The van der Waals surface area contributed by atoms with E-state index in [1.165, 1.54) is 154 Å². The molecule has 0 aliphatic carbocycles. The second-order valence-corrected chi connectivity index (χ2v) is 14.2. The Bertz CT molecular complexity index is 694. The summed E-state index contributed by atoms with van der Waals surface area (Å²) in [5.41, 5.74) is 0. The van der Waals surface area contributed by atoms with Gasteiger partial charge in [-0.1, -0.05) is 205 Å². The van der Waals surface area contributed by atoms with Crippen molar-refractivity contribution in [3.63, 3.8) is 0 Å². The molecule has 0 aromatic rings. The molecule has 0 unspecified atom stereocenters. The van der Waals surface area contributed by atoms with Crippen molar-refractivity contribution in [2.24, 2.45) is 0 Å². The van der Waals surface area contributed by atoms with Crippen molar-refractivity contribution in [1.29, 1.82) is 0 Å². The van der Waals surface area contributed by atoms with Crippen LogP contribution in [0.25, 0.3) is 0 Å². The third-order valence-corrected chi connectivity index (χ3v) is 9.54. The lowest BCUT2D eigenvalue weighted by molar-refractivity contribution is -0.131. The van der Waals surface area contributed by atoms with Gasteiger partial charge >= 0.3 is 0 Å². The van der Waals surface area contributed by atoms with Gasteiger partial charge in [-0.2, -0.15) is 0 Å². The van der Waals surface area contributed by atoms with Crippen LogP contribution in [0, 0.1) is 0 Å². The molecule has 278 valence electrons. The first-order valence-corrected chi connectivity index (χ1v) is 20.7. The van der Waals surface area contributed by atoms with Gasteiger partial charge in [-0.15, -0.1) is 0 Å². The molecule has 0 saturated carbocycles. The summed E-state index contributed by atoms with van der Waals surface area (Å²) in [7, 11) is 0. The average molecular weight is 664 g/mol. The number of hydrogen-bond donors (Lipinski definition) is 4. The fraction of sp³-hybridized carbons (Fsp3) is 0.881.